The molecule has 0 aromatic heterocycles. The Balaban J connectivity index is 2.08. The van der Waals surface area contributed by atoms with Gasteiger partial charge >= 0.3 is 0 Å². The molecular formula is C18H14ClNO3. The molecule has 4 nitrogen and oxygen atoms in total. The van der Waals surface area contributed by atoms with Crippen molar-refractivity contribution in [1.29, 1.82) is 0 Å². The van der Waals surface area contributed by atoms with Crippen LogP contribution in [0, 0.1) is 24.0 Å². The molecule has 0 aliphatic carbocycles. The number of rotatable bonds is 3. The fourth-order valence-electron chi connectivity index (χ4n) is 2.52. The van der Waals surface area contributed by atoms with E-state index in [0.717, 1.165) is 10.8 Å². The lowest BCUT2D eigenvalue weighted by molar-refractivity contribution is -0.385. The van der Waals surface area contributed by atoms with Gasteiger partial charge < -0.3 is 4.74 Å². The van der Waals surface area contributed by atoms with Crippen LogP contribution in [-0.4, -0.2) is 4.92 Å². The molecular weight excluding hydrogens is 314 g/mol. The monoisotopic (exact) mass is 327 g/mol. The number of hydrogen-bond acceptors (Lipinski definition) is 3. The average Bonchev–Trinajstić information content (AvgIpc) is 2.53. The molecule has 3 rings (SSSR count). The van der Waals surface area contributed by atoms with Crippen molar-refractivity contribution >= 4 is 28.1 Å². The van der Waals surface area contributed by atoms with Crippen molar-refractivity contribution in [2.24, 2.45) is 0 Å². The van der Waals surface area contributed by atoms with Crippen molar-refractivity contribution < 1.29 is 9.66 Å². The van der Waals surface area contributed by atoms with E-state index in [2.05, 4.69) is 0 Å². The van der Waals surface area contributed by atoms with Gasteiger partial charge in [0.1, 0.15) is 11.5 Å². The van der Waals surface area contributed by atoms with Crippen LogP contribution in [0.5, 0.6) is 11.5 Å². The third-order valence-corrected chi connectivity index (χ3v) is 4.07. The Morgan fingerprint density at radius 1 is 0.957 bits per heavy atom. The second-order valence-electron chi connectivity index (χ2n) is 5.35. The Kier molecular flexibility index (Phi) is 3.92. The summed E-state index contributed by atoms with van der Waals surface area (Å²) in [5.41, 5.74) is 1.37. The summed E-state index contributed by atoms with van der Waals surface area (Å²) in [5, 5.41) is 13.5. The van der Waals surface area contributed by atoms with Crippen LogP contribution in [-0.2, 0) is 0 Å². The predicted molar refractivity (Wildman–Crippen MR) is 91.6 cm³/mol. The summed E-state index contributed by atoms with van der Waals surface area (Å²) in [4.78, 5) is 10.6. The van der Waals surface area contributed by atoms with E-state index in [1.54, 1.807) is 32.0 Å². The van der Waals surface area contributed by atoms with Gasteiger partial charge in [-0.3, -0.25) is 10.1 Å². The van der Waals surface area contributed by atoms with E-state index in [9.17, 15) is 10.1 Å². The Morgan fingerprint density at radius 2 is 1.65 bits per heavy atom. The smallest absolute Gasteiger partial charge is 0.272 e. The van der Waals surface area contributed by atoms with E-state index in [4.69, 9.17) is 16.3 Å². The SMILES string of the molecule is Cc1cc([N+](=O)[O-])c(C)cc1Oc1ccc(Cl)c2ccccc12. The first-order valence-corrected chi connectivity index (χ1v) is 7.46. The zero-order valence-corrected chi connectivity index (χ0v) is 13.4. The molecule has 0 unspecified atom stereocenters. The molecule has 0 radical (unpaired) electrons. The molecule has 0 spiro atoms. The first kappa shape index (κ1) is 15.3. The normalized spacial score (nSPS) is 10.7. The second-order valence-corrected chi connectivity index (χ2v) is 5.76. The van der Waals surface area contributed by atoms with Crippen LogP contribution in [0.2, 0.25) is 5.02 Å². The number of nitro groups is 1. The maximum atomic E-state index is 11.0. The zero-order chi connectivity index (χ0) is 16.6. The highest BCUT2D eigenvalue weighted by molar-refractivity contribution is 6.35. The summed E-state index contributed by atoms with van der Waals surface area (Å²) in [6.45, 7) is 3.49. The minimum absolute atomic E-state index is 0.0933. The lowest BCUT2D eigenvalue weighted by atomic mass is 10.1. The van der Waals surface area contributed by atoms with Gasteiger partial charge in [0, 0.05) is 27.4 Å². The van der Waals surface area contributed by atoms with E-state index in [1.165, 1.54) is 6.07 Å². The van der Waals surface area contributed by atoms with Crippen molar-refractivity contribution in [2.75, 3.05) is 0 Å². The van der Waals surface area contributed by atoms with Crippen LogP contribution in [0.25, 0.3) is 10.8 Å². The minimum atomic E-state index is -0.385. The molecule has 0 N–H and O–H groups in total. The summed E-state index contributed by atoms with van der Waals surface area (Å²) in [7, 11) is 0. The number of aryl methyl sites for hydroxylation is 2. The first-order chi connectivity index (χ1) is 11.0. The zero-order valence-electron chi connectivity index (χ0n) is 12.7. The highest BCUT2D eigenvalue weighted by atomic mass is 35.5. The van der Waals surface area contributed by atoms with Gasteiger partial charge in [0.15, 0.2) is 0 Å². The third kappa shape index (κ3) is 2.85. The van der Waals surface area contributed by atoms with Crippen molar-refractivity contribution in [1.82, 2.24) is 0 Å². The third-order valence-electron chi connectivity index (χ3n) is 3.74. The number of ether oxygens (including phenoxy) is 1. The lowest BCUT2D eigenvalue weighted by Crippen LogP contribution is -1.95. The van der Waals surface area contributed by atoms with Crippen LogP contribution < -0.4 is 4.74 Å². The second kappa shape index (κ2) is 5.89. The van der Waals surface area contributed by atoms with Gasteiger partial charge in [-0.25, -0.2) is 0 Å². The Morgan fingerprint density at radius 3 is 2.35 bits per heavy atom. The number of nitrogens with zero attached hydrogens (tertiary/aromatic N) is 1. The fourth-order valence-corrected chi connectivity index (χ4v) is 2.75. The van der Waals surface area contributed by atoms with Gasteiger partial charge in [0.2, 0.25) is 0 Å². The molecule has 0 saturated heterocycles. The van der Waals surface area contributed by atoms with Crippen LogP contribution in [0.4, 0.5) is 5.69 Å². The summed E-state index contributed by atoms with van der Waals surface area (Å²) in [6, 6.07) is 14.5. The Bertz CT molecular complexity index is 922. The largest absolute Gasteiger partial charge is 0.456 e. The van der Waals surface area contributed by atoms with Gasteiger partial charge in [-0.05, 0) is 37.6 Å². The summed E-state index contributed by atoms with van der Waals surface area (Å²) >= 11 is 6.21. The van der Waals surface area contributed by atoms with Gasteiger partial charge in [0.05, 0.1) is 4.92 Å². The van der Waals surface area contributed by atoms with Crippen LogP contribution >= 0.6 is 11.6 Å². The molecule has 0 saturated carbocycles. The molecule has 0 aliphatic heterocycles. The quantitative estimate of drug-likeness (QED) is 0.450. The van der Waals surface area contributed by atoms with Crippen LogP contribution in [0.15, 0.2) is 48.5 Å². The summed E-state index contributed by atoms with van der Waals surface area (Å²) < 4.78 is 6.01. The average molecular weight is 328 g/mol. The number of halogens is 1. The molecule has 3 aromatic rings. The number of nitro benzene ring substituents is 1. The van der Waals surface area contributed by atoms with Crippen molar-refractivity contribution in [3.63, 3.8) is 0 Å². The molecule has 0 heterocycles. The van der Waals surface area contributed by atoms with Gasteiger partial charge in [-0.15, -0.1) is 0 Å². The molecule has 0 atom stereocenters. The molecule has 0 fully saturated rings. The molecule has 3 aromatic carbocycles. The van der Waals surface area contributed by atoms with E-state index in [-0.39, 0.29) is 10.6 Å². The topological polar surface area (TPSA) is 52.4 Å². The number of hydrogen-bond donors (Lipinski definition) is 0. The predicted octanol–water partition coefficient (Wildman–Crippen LogP) is 5.81. The van der Waals surface area contributed by atoms with Crippen molar-refractivity contribution in [3.8, 4) is 11.5 Å². The van der Waals surface area contributed by atoms with Crippen molar-refractivity contribution in [2.45, 2.75) is 13.8 Å². The molecule has 0 aliphatic rings. The molecule has 5 heteroatoms. The number of fused-ring (bicyclic) bond motifs is 1. The van der Waals surface area contributed by atoms with Gasteiger partial charge in [-0.2, -0.15) is 0 Å². The summed E-state index contributed by atoms with van der Waals surface area (Å²) in [5.74, 6) is 1.27. The van der Waals surface area contributed by atoms with E-state index >= 15 is 0 Å². The van der Waals surface area contributed by atoms with Crippen LogP contribution in [0.3, 0.4) is 0 Å². The molecule has 116 valence electrons. The van der Waals surface area contributed by atoms with E-state index in [1.807, 2.05) is 24.3 Å². The Hall–Kier alpha value is -2.59. The molecule has 0 amide bonds. The lowest BCUT2D eigenvalue weighted by Gasteiger charge is -2.13. The maximum Gasteiger partial charge on any atom is 0.272 e. The van der Waals surface area contributed by atoms with E-state index < -0.39 is 0 Å². The standard InChI is InChI=1S/C18H14ClNO3/c1-11-10-18(12(2)9-16(11)20(21)22)23-17-8-7-15(19)13-5-3-4-6-14(13)17/h3-10H,1-2H3. The Labute approximate surface area is 138 Å². The highest BCUT2D eigenvalue weighted by Crippen LogP contribution is 2.36. The van der Waals surface area contributed by atoms with Crippen LogP contribution in [0.1, 0.15) is 11.1 Å². The minimum Gasteiger partial charge on any atom is -0.456 e. The maximum absolute atomic E-state index is 11.0. The van der Waals surface area contributed by atoms with E-state index in [0.29, 0.717) is 27.6 Å². The number of benzene rings is 3. The molecule has 23 heavy (non-hydrogen) atoms. The van der Waals surface area contributed by atoms with Crippen molar-refractivity contribution in [3.05, 3.63) is 74.8 Å². The summed E-state index contributed by atoms with van der Waals surface area (Å²) in [6.07, 6.45) is 0. The first-order valence-electron chi connectivity index (χ1n) is 7.08. The van der Waals surface area contributed by atoms with Gasteiger partial charge in [-0.1, -0.05) is 35.9 Å². The molecule has 0 bridgehead atoms. The van der Waals surface area contributed by atoms with Gasteiger partial charge in [0.25, 0.3) is 5.69 Å². The highest BCUT2D eigenvalue weighted by Gasteiger charge is 2.15. The fraction of sp³-hybridized carbons (Fsp3) is 0.111.